The van der Waals surface area contributed by atoms with Crippen LogP contribution < -0.4 is 5.32 Å². The number of pyridine rings is 1. The molecule has 0 spiro atoms. The molecule has 3 aromatic rings. The summed E-state index contributed by atoms with van der Waals surface area (Å²) >= 11 is 0. The Morgan fingerprint density at radius 1 is 1.08 bits per heavy atom. The summed E-state index contributed by atoms with van der Waals surface area (Å²) in [6.45, 7) is 7.18. The molecule has 0 aliphatic heterocycles. The van der Waals surface area contributed by atoms with Crippen LogP contribution in [0, 0.1) is 0 Å². The molecule has 5 heteroatoms. The topological polar surface area (TPSA) is 46.0 Å². The lowest BCUT2D eigenvalue weighted by Gasteiger charge is -2.20. The standard InChI is InChI=1S/C21H27N5/c1-17(2)25(3)14-13-23-15-19-16-26(20-7-5-4-6-8-20)24-21(19)18-9-11-22-12-10-18/h4-12,16-17,23H,13-15H2,1-3H3. The molecule has 0 bridgehead atoms. The van der Waals surface area contributed by atoms with Crippen LogP contribution >= 0.6 is 0 Å². The molecule has 0 amide bonds. The molecule has 26 heavy (non-hydrogen) atoms. The van der Waals surface area contributed by atoms with E-state index in [1.165, 1.54) is 5.56 Å². The molecular weight excluding hydrogens is 322 g/mol. The van der Waals surface area contributed by atoms with E-state index in [2.05, 4.69) is 54.4 Å². The molecule has 0 saturated heterocycles. The molecule has 0 unspecified atom stereocenters. The lowest BCUT2D eigenvalue weighted by Crippen LogP contribution is -2.33. The Balaban J connectivity index is 1.78. The third-order valence-corrected chi connectivity index (χ3v) is 4.60. The SMILES string of the molecule is CC(C)N(C)CCNCc1cn(-c2ccccc2)nc1-c1ccncc1. The minimum absolute atomic E-state index is 0.560. The van der Waals surface area contributed by atoms with E-state index in [0.29, 0.717) is 6.04 Å². The van der Waals surface area contributed by atoms with Crippen molar-refractivity contribution in [3.63, 3.8) is 0 Å². The average Bonchev–Trinajstić information content (AvgIpc) is 3.10. The van der Waals surface area contributed by atoms with Gasteiger partial charge in [-0.1, -0.05) is 18.2 Å². The first kappa shape index (κ1) is 18.3. The zero-order valence-corrected chi connectivity index (χ0v) is 15.8. The highest BCUT2D eigenvalue weighted by Gasteiger charge is 2.12. The highest BCUT2D eigenvalue weighted by atomic mass is 15.3. The van der Waals surface area contributed by atoms with Gasteiger partial charge < -0.3 is 10.2 Å². The maximum atomic E-state index is 4.83. The van der Waals surface area contributed by atoms with Crippen LogP contribution in [0.2, 0.25) is 0 Å². The number of hydrogen-bond donors (Lipinski definition) is 1. The van der Waals surface area contributed by atoms with Crippen LogP contribution in [0.25, 0.3) is 16.9 Å². The van der Waals surface area contributed by atoms with E-state index in [1.807, 2.05) is 47.4 Å². The van der Waals surface area contributed by atoms with E-state index < -0.39 is 0 Å². The lowest BCUT2D eigenvalue weighted by molar-refractivity contribution is 0.273. The van der Waals surface area contributed by atoms with Crippen LogP contribution in [-0.4, -0.2) is 45.8 Å². The van der Waals surface area contributed by atoms with Gasteiger partial charge in [-0.2, -0.15) is 5.10 Å². The fourth-order valence-corrected chi connectivity index (χ4v) is 2.74. The van der Waals surface area contributed by atoms with Gasteiger partial charge in [0.2, 0.25) is 0 Å². The van der Waals surface area contributed by atoms with Crippen molar-refractivity contribution in [1.82, 2.24) is 25.0 Å². The molecule has 0 saturated carbocycles. The van der Waals surface area contributed by atoms with E-state index in [9.17, 15) is 0 Å². The van der Waals surface area contributed by atoms with Crippen LogP contribution in [0.4, 0.5) is 0 Å². The average molecular weight is 349 g/mol. The predicted octanol–water partition coefficient (Wildman–Crippen LogP) is 3.36. The second kappa shape index (κ2) is 8.74. The van der Waals surface area contributed by atoms with Gasteiger partial charge in [0.05, 0.1) is 11.4 Å². The number of aromatic nitrogens is 3. The van der Waals surface area contributed by atoms with Crippen molar-refractivity contribution in [2.45, 2.75) is 26.4 Å². The van der Waals surface area contributed by atoms with E-state index in [4.69, 9.17) is 5.10 Å². The summed E-state index contributed by atoms with van der Waals surface area (Å²) in [6, 6.07) is 14.8. The van der Waals surface area contributed by atoms with Crippen molar-refractivity contribution >= 4 is 0 Å². The van der Waals surface area contributed by atoms with E-state index in [-0.39, 0.29) is 0 Å². The van der Waals surface area contributed by atoms with Gasteiger partial charge in [-0.05, 0) is 45.2 Å². The van der Waals surface area contributed by atoms with Crippen molar-refractivity contribution in [2.24, 2.45) is 0 Å². The highest BCUT2D eigenvalue weighted by Crippen LogP contribution is 2.23. The van der Waals surface area contributed by atoms with Gasteiger partial charge >= 0.3 is 0 Å². The van der Waals surface area contributed by atoms with Crippen molar-refractivity contribution in [1.29, 1.82) is 0 Å². The summed E-state index contributed by atoms with van der Waals surface area (Å²) in [6.07, 6.45) is 5.74. The van der Waals surface area contributed by atoms with Crippen LogP contribution in [0.3, 0.4) is 0 Å². The molecule has 5 nitrogen and oxygen atoms in total. The minimum atomic E-state index is 0.560. The van der Waals surface area contributed by atoms with Gasteiger partial charge in [-0.15, -0.1) is 0 Å². The van der Waals surface area contributed by atoms with Crippen molar-refractivity contribution in [3.05, 3.63) is 66.6 Å². The maximum Gasteiger partial charge on any atom is 0.0973 e. The molecule has 0 aliphatic carbocycles. The zero-order chi connectivity index (χ0) is 18.4. The fourth-order valence-electron chi connectivity index (χ4n) is 2.74. The number of hydrogen-bond acceptors (Lipinski definition) is 4. The van der Waals surface area contributed by atoms with Crippen LogP contribution in [-0.2, 0) is 6.54 Å². The number of nitrogens with one attached hydrogen (secondary N) is 1. The van der Waals surface area contributed by atoms with Crippen LogP contribution in [0.5, 0.6) is 0 Å². The third kappa shape index (κ3) is 4.56. The normalized spacial score (nSPS) is 11.4. The Morgan fingerprint density at radius 2 is 1.81 bits per heavy atom. The van der Waals surface area contributed by atoms with E-state index in [0.717, 1.165) is 36.6 Å². The van der Waals surface area contributed by atoms with Gasteiger partial charge in [-0.25, -0.2) is 4.68 Å². The zero-order valence-electron chi connectivity index (χ0n) is 15.8. The first-order valence-electron chi connectivity index (χ1n) is 9.10. The summed E-state index contributed by atoms with van der Waals surface area (Å²) in [7, 11) is 2.15. The third-order valence-electron chi connectivity index (χ3n) is 4.60. The number of likely N-dealkylation sites (N-methyl/N-ethyl adjacent to an activating group) is 1. The Morgan fingerprint density at radius 3 is 2.50 bits per heavy atom. The highest BCUT2D eigenvalue weighted by molar-refractivity contribution is 5.62. The Kier molecular flexibility index (Phi) is 6.15. The summed E-state index contributed by atoms with van der Waals surface area (Å²) < 4.78 is 1.95. The first-order chi connectivity index (χ1) is 12.6. The Hall–Kier alpha value is -2.50. The van der Waals surface area contributed by atoms with Gasteiger partial charge in [0.15, 0.2) is 0 Å². The monoisotopic (exact) mass is 349 g/mol. The first-order valence-corrected chi connectivity index (χ1v) is 9.10. The summed E-state index contributed by atoms with van der Waals surface area (Å²) in [5.74, 6) is 0. The molecule has 0 aliphatic rings. The van der Waals surface area contributed by atoms with Gasteiger partial charge in [-0.3, -0.25) is 4.98 Å². The molecule has 136 valence electrons. The van der Waals surface area contributed by atoms with Crippen molar-refractivity contribution in [3.8, 4) is 16.9 Å². The van der Waals surface area contributed by atoms with Gasteiger partial charge in [0, 0.05) is 55.4 Å². The number of rotatable bonds is 8. The number of benzene rings is 1. The number of para-hydroxylation sites is 1. The minimum Gasteiger partial charge on any atom is -0.311 e. The maximum absolute atomic E-state index is 4.83. The fraction of sp³-hybridized carbons (Fsp3) is 0.333. The van der Waals surface area contributed by atoms with Crippen LogP contribution in [0.1, 0.15) is 19.4 Å². The summed E-state index contributed by atoms with van der Waals surface area (Å²) in [5, 5.41) is 8.38. The molecule has 2 aromatic heterocycles. The smallest absolute Gasteiger partial charge is 0.0973 e. The summed E-state index contributed by atoms with van der Waals surface area (Å²) in [4.78, 5) is 6.46. The Labute approximate surface area is 155 Å². The molecule has 3 rings (SSSR count). The van der Waals surface area contributed by atoms with Crippen LogP contribution in [0.15, 0.2) is 61.1 Å². The molecule has 0 radical (unpaired) electrons. The summed E-state index contributed by atoms with van der Waals surface area (Å²) in [5.41, 5.74) is 4.34. The second-order valence-corrected chi connectivity index (χ2v) is 6.77. The van der Waals surface area contributed by atoms with E-state index >= 15 is 0 Å². The molecule has 1 aromatic carbocycles. The lowest BCUT2D eigenvalue weighted by atomic mass is 10.1. The van der Waals surface area contributed by atoms with E-state index in [1.54, 1.807) is 0 Å². The molecular formula is C21H27N5. The van der Waals surface area contributed by atoms with Crippen molar-refractivity contribution < 1.29 is 0 Å². The molecule has 0 fully saturated rings. The largest absolute Gasteiger partial charge is 0.311 e. The van der Waals surface area contributed by atoms with Gasteiger partial charge in [0.25, 0.3) is 0 Å². The Bertz CT molecular complexity index is 796. The van der Waals surface area contributed by atoms with Gasteiger partial charge in [0.1, 0.15) is 0 Å². The predicted molar refractivity (Wildman–Crippen MR) is 106 cm³/mol. The number of nitrogens with zero attached hydrogens (tertiary/aromatic N) is 4. The molecule has 1 N–H and O–H groups in total. The van der Waals surface area contributed by atoms with Crippen molar-refractivity contribution in [2.75, 3.05) is 20.1 Å². The quantitative estimate of drug-likeness (QED) is 0.634. The molecule has 2 heterocycles. The second-order valence-electron chi connectivity index (χ2n) is 6.77. The molecule has 0 atom stereocenters.